The molecule has 1 aliphatic heterocycles. The van der Waals surface area contributed by atoms with Gasteiger partial charge < -0.3 is 14.5 Å². The molecule has 8 heteroatoms. The first kappa shape index (κ1) is 19.0. The summed E-state index contributed by atoms with van der Waals surface area (Å²) < 4.78 is 37.7. The molecule has 4 rings (SSSR count). The first-order chi connectivity index (χ1) is 13.5. The van der Waals surface area contributed by atoms with E-state index in [-0.39, 0.29) is 27.8 Å². The number of oxazole rings is 1. The van der Waals surface area contributed by atoms with Gasteiger partial charge >= 0.3 is 0 Å². The van der Waals surface area contributed by atoms with Crippen molar-refractivity contribution in [1.82, 2.24) is 4.98 Å². The molecule has 1 aliphatic rings. The number of halogens is 1. The first-order valence-corrected chi connectivity index (χ1v) is 10.8. The third-order valence-electron chi connectivity index (χ3n) is 4.51. The van der Waals surface area contributed by atoms with Crippen molar-refractivity contribution in [3.05, 3.63) is 59.6 Å². The van der Waals surface area contributed by atoms with Crippen LogP contribution in [0.25, 0.3) is 11.5 Å². The van der Waals surface area contributed by atoms with Crippen LogP contribution in [0.5, 0.6) is 0 Å². The van der Waals surface area contributed by atoms with Gasteiger partial charge in [0.05, 0.1) is 11.0 Å². The van der Waals surface area contributed by atoms with Crippen molar-refractivity contribution in [2.75, 3.05) is 18.5 Å². The molecule has 1 atom stereocenters. The van der Waals surface area contributed by atoms with E-state index in [0.717, 1.165) is 12.8 Å². The SMILES string of the molecule is O=S(=O)(c1ccc(Cl)cc1)c1nc(-c2ccccc2)oc1NCC1CCCO1. The van der Waals surface area contributed by atoms with Crippen molar-refractivity contribution in [3.63, 3.8) is 0 Å². The van der Waals surface area contributed by atoms with Crippen molar-refractivity contribution >= 4 is 27.3 Å². The number of ether oxygens (including phenoxy) is 1. The third kappa shape index (κ3) is 3.92. The number of benzene rings is 2. The van der Waals surface area contributed by atoms with Crippen LogP contribution in [0.15, 0.2) is 68.9 Å². The maximum absolute atomic E-state index is 13.2. The molecule has 0 aliphatic carbocycles. The number of nitrogens with one attached hydrogen (secondary N) is 1. The van der Waals surface area contributed by atoms with Crippen LogP contribution in [0.2, 0.25) is 5.02 Å². The predicted octanol–water partition coefficient (Wildman–Crippen LogP) is 4.42. The van der Waals surface area contributed by atoms with Crippen LogP contribution in [0.4, 0.5) is 5.88 Å². The van der Waals surface area contributed by atoms with Crippen molar-refractivity contribution < 1.29 is 17.6 Å². The van der Waals surface area contributed by atoms with Gasteiger partial charge in [-0.05, 0) is 49.2 Å². The molecule has 3 aromatic rings. The molecule has 2 aromatic carbocycles. The van der Waals surface area contributed by atoms with Crippen LogP contribution >= 0.6 is 11.6 Å². The van der Waals surface area contributed by atoms with Crippen molar-refractivity contribution in [2.24, 2.45) is 0 Å². The Morgan fingerprint density at radius 1 is 1.11 bits per heavy atom. The normalized spacial score (nSPS) is 17.0. The van der Waals surface area contributed by atoms with Crippen LogP contribution < -0.4 is 5.32 Å². The van der Waals surface area contributed by atoms with Gasteiger partial charge in [-0.25, -0.2) is 8.42 Å². The molecular weight excluding hydrogens is 400 g/mol. The van der Waals surface area contributed by atoms with Gasteiger partial charge in [-0.15, -0.1) is 0 Å². The fourth-order valence-corrected chi connectivity index (χ4v) is 4.45. The van der Waals surface area contributed by atoms with Gasteiger partial charge in [-0.3, -0.25) is 0 Å². The Kier molecular flexibility index (Phi) is 5.39. The molecular formula is C20H19ClN2O4S. The molecule has 1 aromatic heterocycles. The van der Waals surface area contributed by atoms with Crippen molar-refractivity contribution in [1.29, 1.82) is 0 Å². The van der Waals surface area contributed by atoms with Crippen LogP contribution in [0, 0.1) is 0 Å². The second-order valence-corrected chi connectivity index (χ2v) is 8.79. The quantitative estimate of drug-likeness (QED) is 0.638. The summed E-state index contributed by atoms with van der Waals surface area (Å²) in [5.74, 6) is 0.354. The lowest BCUT2D eigenvalue weighted by Crippen LogP contribution is -2.19. The van der Waals surface area contributed by atoms with E-state index in [1.165, 1.54) is 24.3 Å². The third-order valence-corrected chi connectivity index (χ3v) is 6.44. The summed E-state index contributed by atoms with van der Waals surface area (Å²) in [6.45, 7) is 1.17. The summed E-state index contributed by atoms with van der Waals surface area (Å²) in [7, 11) is -3.89. The number of hydrogen-bond acceptors (Lipinski definition) is 6. The largest absolute Gasteiger partial charge is 0.419 e. The highest BCUT2D eigenvalue weighted by molar-refractivity contribution is 7.91. The second-order valence-electron chi connectivity index (χ2n) is 6.49. The minimum atomic E-state index is -3.89. The Hall–Kier alpha value is -2.35. The fraction of sp³-hybridized carbons (Fsp3) is 0.250. The number of anilines is 1. The molecule has 0 spiro atoms. The lowest BCUT2D eigenvalue weighted by atomic mass is 10.2. The molecule has 1 N–H and O–H groups in total. The van der Waals surface area contributed by atoms with Gasteiger partial charge in [0.1, 0.15) is 0 Å². The van der Waals surface area contributed by atoms with Crippen molar-refractivity contribution in [3.8, 4) is 11.5 Å². The van der Waals surface area contributed by atoms with E-state index < -0.39 is 9.84 Å². The summed E-state index contributed by atoms with van der Waals surface area (Å²) in [4.78, 5) is 4.41. The van der Waals surface area contributed by atoms with E-state index in [1.807, 2.05) is 30.3 Å². The zero-order chi connectivity index (χ0) is 19.6. The molecule has 0 bridgehead atoms. The Morgan fingerprint density at radius 2 is 1.86 bits per heavy atom. The Bertz CT molecular complexity index is 1040. The van der Waals surface area contributed by atoms with E-state index in [4.69, 9.17) is 20.8 Å². The average Bonchev–Trinajstić information content (AvgIpc) is 3.37. The molecule has 1 saturated heterocycles. The smallest absolute Gasteiger partial charge is 0.233 e. The highest BCUT2D eigenvalue weighted by Crippen LogP contribution is 2.33. The van der Waals surface area contributed by atoms with Gasteiger partial charge in [0.15, 0.2) is 0 Å². The van der Waals surface area contributed by atoms with Crippen LogP contribution in [0.3, 0.4) is 0 Å². The van der Waals surface area contributed by atoms with Gasteiger partial charge in [-0.1, -0.05) is 29.8 Å². The summed E-state index contributed by atoms with van der Waals surface area (Å²) in [5.41, 5.74) is 0.695. The van der Waals surface area contributed by atoms with E-state index in [9.17, 15) is 8.42 Å². The highest BCUT2D eigenvalue weighted by Gasteiger charge is 2.29. The average molecular weight is 419 g/mol. The minimum absolute atomic E-state index is 0.0244. The number of sulfone groups is 1. The molecule has 1 unspecified atom stereocenters. The van der Waals surface area contributed by atoms with E-state index in [0.29, 0.717) is 23.7 Å². The molecule has 2 heterocycles. The summed E-state index contributed by atoms with van der Waals surface area (Å²) >= 11 is 5.89. The summed E-state index contributed by atoms with van der Waals surface area (Å²) in [6, 6.07) is 15.2. The number of rotatable bonds is 6. The topological polar surface area (TPSA) is 81.4 Å². The number of nitrogens with zero attached hydrogens (tertiary/aromatic N) is 1. The maximum atomic E-state index is 13.2. The van der Waals surface area contributed by atoms with Gasteiger partial charge in [0.2, 0.25) is 26.6 Å². The zero-order valence-corrected chi connectivity index (χ0v) is 16.5. The fourth-order valence-electron chi connectivity index (χ4n) is 3.04. The van der Waals surface area contributed by atoms with E-state index in [1.54, 1.807) is 0 Å². The lowest BCUT2D eigenvalue weighted by molar-refractivity contribution is 0.120. The van der Waals surface area contributed by atoms with E-state index in [2.05, 4.69) is 10.3 Å². The van der Waals surface area contributed by atoms with Gasteiger partial charge in [-0.2, -0.15) is 4.98 Å². The molecule has 146 valence electrons. The monoisotopic (exact) mass is 418 g/mol. The number of aromatic nitrogens is 1. The van der Waals surface area contributed by atoms with Crippen LogP contribution in [0.1, 0.15) is 12.8 Å². The minimum Gasteiger partial charge on any atom is -0.419 e. The van der Waals surface area contributed by atoms with E-state index >= 15 is 0 Å². The summed E-state index contributed by atoms with van der Waals surface area (Å²) in [6.07, 6.45) is 1.94. The second kappa shape index (κ2) is 7.95. The molecule has 1 fully saturated rings. The zero-order valence-electron chi connectivity index (χ0n) is 15.0. The van der Waals surface area contributed by atoms with Crippen LogP contribution in [-0.4, -0.2) is 32.7 Å². The molecule has 6 nitrogen and oxygen atoms in total. The van der Waals surface area contributed by atoms with Gasteiger partial charge in [0.25, 0.3) is 0 Å². The molecule has 0 radical (unpaired) electrons. The Balaban J connectivity index is 1.72. The molecule has 0 amide bonds. The Labute approximate surface area is 168 Å². The van der Waals surface area contributed by atoms with Crippen LogP contribution in [-0.2, 0) is 14.6 Å². The first-order valence-electron chi connectivity index (χ1n) is 8.96. The standard InChI is InChI=1S/C20H19ClN2O4S/c21-15-8-10-17(11-9-15)28(24,25)20-19(22-13-16-7-4-12-26-16)27-18(23-20)14-5-2-1-3-6-14/h1-3,5-6,8-11,16,22H,4,7,12-13H2. The molecule has 0 saturated carbocycles. The molecule has 28 heavy (non-hydrogen) atoms. The number of hydrogen-bond donors (Lipinski definition) is 1. The van der Waals surface area contributed by atoms with Gasteiger partial charge in [0, 0.05) is 23.7 Å². The highest BCUT2D eigenvalue weighted by atomic mass is 35.5. The van der Waals surface area contributed by atoms with Crippen molar-refractivity contribution in [2.45, 2.75) is 28.9 Å². The predicted molar refractivity (Wildman–Crippen MR) is 106 cm³/mol. The summed E-state index contributed by atoms with van der Waals surface area (Å²) in [5, 5.41) is 3.39. The lowest BCUT2D eigenvalue weighted by Gasteiger charge is -2.10. The maximum Gasteiger partial charge on any atom is 0.233 e. The Morgan fingerprint density at radius 3 is 2.54 bits per heavy atom.